The number of rotatable bonds is 5. The van der Waals surface area contributed by atoms with E-state index in [-0.39, 0.29) is 0 Å². The second-order valence-electron chi connectivity index (χ2n) is 7.90. The normalized spacial score (nSPS) is 16.2. The molecule has 0 bridgehead atoms. The summed E-state index contributed by atoms with van der Waals surface area (Å²) in [5, 5.41) is 3.95. The van der Waals surface area contributed by atoms with Crippen LogP contribution in [0.25, 0.3) is 22.0 Å². The van der Waals surface area contributed by atoms with Crippen LogP contribution in [0.1, 0.15) is 35.7 Å². The summed E-state index contributed by atoms with van der Waals surface area (Å²) in [7, 11) is 0. The number of hydrogen-bond acceptors (Lipinski definition) is 0. The Balaban J connectivity index is 1.40. The lowest BCUT2D eigenvalue weighted by Crippen LogP contribution is -2.86. The van der Waals surface area contributed by atoms with E-state index in [1.165, 1.54) is 52.5 Å². The Kier molecular flexibility index (Phi) is 4.72. The summed E-state index contributed by atoms with van der Waals surface area (Å²) >= 11 is 0. The summed E-state index contributed by atoms with van der Waals surface area (Å²) < 4.78 is 0. The van der Waals surface area contributed by atoms with Crippen molar-refractivity contribution in [1.82, 2.24) is 4.98 Å². The van der Waals surface area contributed by atoms with Crippen LogP contribution < -0.4 is 5.32 Å². The highest BCUT2D eigenvalue weighted by molar-refractivity contribution is 5.89. The van der Waals surface area contributed by atoms with Gasteiger partial charge in [-0.15, -0.1) is 0 Å². The van der Waals surface area contributed by atoms with Gasteiger partial charge in [0.05, 0.1) is 12.2 Å². The smallest absolute Gasteiger partial charge is 0.127 e. The average molecular weight is 368 g/mol. The van der Waals surface area contributed by atoms with E-state index in [2.05, 4.69) is 89.2 Å². The summed E-state index contributed by atoms with van der Waals surface area (Å²) in [4.78, 5) is 3.76. The van der Waals surface area contributed by atoms with Gasteiger partial charge in [0.1, 0.15) is 6.04 Å². The minimum Gasteiger partial charge on any atom is -0.353 e. The van der Waals surface area contributed by atoms with E-state index in [0.29, 0.717) is 6.04 Å². The SMILES string of the molecule is c1ccc(CC[NH2+][C@H]2CCCc3c2[nH]c2ccc(-c4ccccc4)cc32)cc1. The molecular formula is C26H27N2+. The van der Waals surface area contributed by atoms with E-state index < -0.39 is 0 Å². The van der Waals surface area contributed by atoms with Gasteiger partial charge in [0.2, 0.25) is 0 Å². The molecule has 3 aromatic carbocycles. The first-order chi connectivity index (χ1) is 13.9. The summed E-state index contributed by atoms with van der Waals surface area (Å²) in [5.74, 6) is 0. The standard InChI is InChI=1S/C26H26N2/c1-3-8-19(9-4-1)16-17-27-25-13-7-12-22-23-18-21(20-10-5-2-6-11-20)14-15-24(23)28-26(22)25/h1-6,8-11,14-15,18,25,27-28H,7,12-13,16-17H2/p+1/t25-/m0/s1. The molecule has 0 amide bonds. The van der Waals surface area contributed by atoms with Crippen molar-refractivity contribution < 1.29 is 5.32 Å². The van der Waals surface area contributed by atoms with E-state index >= 15 is 0 Å². The maximum Gasteiger partial charge on any atom is 0.127 e. The van der Waals surface area contributed by atoms with Gasteiger partial charge in [-0.05, 0) is 47.2 Å². The molecule has 0 aliphatic heterocycles. The predicted octanol–water partition coefficient (Wildman–Crippen LogP) is 5.02. The van der Waals surface area contributed by atoms with Crippen molar-refractivity contribution in [2.45, 2.75) is 31.7 Å². The Labute approximate surface area is 166 Å². The third-order valence-electron chi connectivity index (χ3n) is 6.09. The Morgan fingerprint density at radius 2 is 1.64 bits per heavy atom. The molecular weight excluding hydrogens is 340 g/mol. The highest BCUT2D eigenvalue weighted by atomic mass is 14.9. The fraction of sp³-hybridized carbons (Fsp3) is 0.231. The number of benzene rings is 3. The van der Waals surface area contributed by atoms with E-state index in [9.17, 15) is 0 Å². The molecule has 28 heavy (non-hydrogen) atoms. The van der Waals surface area contributed by atoms with Crippen LogP contribution >= 0.6 is 0 Å². The lowest BCUT2D eigenvalue weighted by molar-refractivity contribution is -0.697. The third kappa shape index (κ3) is 3.36. The Morgan fingerprint density at radius 1 is 0.857 bits per heavy atom. The van der Waals surface area contributed by atoms with Gasteiger partial charge < -0.3 is 10.3 Å². The number of quaternary nitrogens is 1. The number of hydrogen-bond donors (Lipinski definition) is 2. The van der Waals surface area contributed by atoms with Crippen molar-refractivity contribution in [3.8, 4) is 11.1 Å². The monoisotopic (exact) mass is 367 g/mol. The second kappa shape index (κ2) is 7.65. The lowest BCUT2D eigenvalue weighted by atomic mass is 9.91. The molecule has 0 unspecified atom stereocenters. The van der Waals surface area contributed by atoms with Gasteiger partial charge in [-0.25, -0.2) is 0 Å². The van der Waals surface area contributed by atoms with Gasteiger partial charge in [0.15, 0.2) is 0 Å². The quantitative estimate of drug-likeness (QED) is 0.497. The van der Waals surface area contributed by atoms with Crippen molar-refractivity contribution in [3.63, 3.8) is 0 Å². The maximum atomic E-state index is 3.76. The van der Waals surface area contributed by atoms with Crippen molar-refractivity contribution in [1.29, 1.82) is 0 Å². The van der Waals surface area contributed by atoms with Crippen LogP contribution in [0.2, 0.25) is 0 Å². The Hall–Kier alpha value is -2.84. The predicted molar refractivity (Wildman–Crippen MR) is 116 cm³/mol. The van der Waals surface area contributed by atoms with Crippen molar-refractivity contribution >= 4 is 10.9 Å². The zero-order valence-electron chi connectivity index (χ0n) is 16.2. The first-order valence-corrected chi connectivity index (χ1v) is 10.5. The fourth-order valence-corrected chi connectivity index (χ4v) is 4.64. The first kappa shape index (κ1) is 17.3. The molecule has 3 N–H and O–H groups in total. The van der Waals surface area contributed by atoms with Crippen LogP contribution in [-0.4, -0.2) is 11.5 Å². The number of aromatic amines is 1. The number of nitrogens with two attached hydrogens (primary N) is 1. The second-order valence-corrected chi connectivity index (χ2v) is 7.90. The number of fused-ring (bicyclic) bond motifs is 3. The molecule has 1 aliphatic rings. The van der Waals surface area contributed by atoms with Gasteiger partial charge >= 0.3 is 0 Å². The van der Waals surface area contributed by atoms with Gasteiger partial charge in [0, 0.05) is 23.7 Å². The van der Waals surface area contributed by atoms with Gasteiger partial charge in [-0.1, -0.05) is 66.7 Å². The topological polar surface area (TPSA) is 32.4 Å². The van der Waals surface area contributed by atoms with Crippen molar-refractivity contribution in [2.75, 3.05) is 6.54 Å². The van der Waals surface area contributed by atoms with Crippen LogP contribution in [0.4, 0.5) is 0 Å². The number of nitrogens with one attached hydrogen (secondary N) is 1. The fourth-order valence-electron chi connectivity index (χ4n) is 4.64. The molecule has 0 saturated carbocycles. The molecule has 1 aliphatic carbocycles. The Bertz CT molecular complexity index is 1060. The summed E-state index contributed by atoms with van der Waals surface area (Å²) in [6.07, 6.45) is 4.86. The zero-order valence-corrected chi connectivity index (χ0v) is 16.2. The number of H-pyrrole nitrogens is 1. The molecule has 0 spiro atoms. The minimum absolute atomic E-state index is 0.556. The number of aryl methyl sites for hydroxylation is 1. The van der Waals surface area contributed by atoms with Crippen LogP contribution in [0.3, 0.4) is 0 Å². The molecule has 0 fully saturated rings. The van der Waals surface area contributed by atoms with Gasteiger partial charge in [0.25, 0.3) is 0 Å². The molecule has 0 radical (unpaired) electrons. The van der Waals surface area contributed by atoms with E-state index in [4.69, 9.17) is 0 Å². The molecule has 5 rings (SSSR count). The third-order valence-corrected chi connectivity index (χ3v) is 6.09. The van der Waals surface area contributed by atoms with Crippen LogP contribution in [0.15, 0.2) is 78.9 Å². The zero-order chi connectivity index (χ0) is 18.8. The molecule has 4 aromatic rings. The average Bonchev–Trinajstić information content (AvgIpc) is 3.14. The molecule has 1 aromatic heterocycles. The van der Waals surface area contributed by atoms with Crippen LogP contribution in [0.5, 0.6) is 0 Å². The van der Waals surface area contributed by atoms with Gasteiger partial charge in [-0.2, -0.15) is 0 Å². The first-order valence-electron chi connectivity index (χ1n) is 10.5. The highest BCUT2D eigenvalue weighted by Gasteiger charge is 2.26. The molecule has 2 nitrogen and oxygen atoms in total. The van der Waals surface area contributed by atoms with E-state index in [1.54, 1.807) is 5.56 Å². The molecule has 1 atom stereocenters. The van der Waals surface area contributed by atoms with Crippen molar-refractivity contribution in [2.24, 2.45) is 0 Å². The largest absolute Gasteiger partial charge is 0.353 e. The summed E-state index contributed by atoms with van der Waals surface area (Å²) in [6, 6.07) is 29.0. The van der Waals surface area contributed by atoms with Crippen LogP contribution in [0, 0.1) is 0 Å². The highest BCUT2D eigenvalue weighted by Crippen LogP contribution is 2.35. The lowest BCUT2D eigenvalue weighted by Gasteiger charge is -2.21. The van der Waals surface area contributed by atoms with E-state index in [1.807, 2.05) is 0 Å². The Morgan fingerprint density at radius 3 is 2.46 bits per heavy atom. The number of aromatic nitrogens is 1. The molecule has 1 heterocycles. The maximum absolute atomic E-state index is 3.76. The molecule has 0 saturated heterocycles. The summed E-state index contributed by atoms with van der Waals surface area (Å²) in [5.41, 5.74) is 8.32. The van der Waals surface area contributed by atoms with Gasteiger partial charge in [-0.3, -0.25) is 0 Å². The molecule has 140 valence electrons. The molecule has 2 heteroatoms. The van der Waals surface area contributed by atoms with Crippen LogP contribution in [-0.2, 0) is 12.8 Å². The van der Waals surface area contributed by atoms with E-state index in [0.717, 1.165) is 13.0 Å². The minimum atomic E-state index is 0.556. The van der Waals surface area contributed by atoms with Crippen molar-refractivity contribution in [3.05, 3.63) is 95.7 Å². The summed E-state index contributed by atoms with van der Waals surface area (Å²) in [6.45, 7) is 1.14.